The molecule has 62 heavy (non-hydrogen) atoms. The lowest BCUT2D eigenvalue weighted by atomic mass is 9.35. The third-order valence-corrected chi connectivity index (χ3v) is 19.1. The van der Waals surface area contributed by atoms with Gasteiger partial charge in [0, 0.05) is 64.5 Å². The Kier molecular flexibility index (Phi) is 8.80. The number of carboxylic acid groups (broad SMARTS) is 1. The summed E-state index contributed by atoms with van der Waals surface area (Å²) in [5.74, 6) is -4.28. The number of aliphatic carboxylic acids is 1. The van der Waals surface area contributed by atoms with Crippen molar-refractivity contribution in [3.63, 3.8) is 0 Å². The number of rotatable bonds is 7. The van der Waals surface area contributed by atoms with Crippen molar-refractivity contribution in [2.24, 2.45) is 79.5 Å². The fourth-order valence-electron chi connectivity index (χ4n) is 16.7. The molecule has 4 saturated carbocycles. The third kappa shape index (κ3) is 4.87. The predicted octanol–water partition coefficient (Wildman–Crippen LogP) is 6.77. The molecular formula is C52H63N3O7. The quantitative estimate of drug-likeness (QED) is 0.0743. The van der Waals surface area contributed by atoms with Crippen LogP contribution in [0.2, 0.25) is 0 Å². The first-order valence-corrected chi connectivity index (χ1v) is 23.0. The number of carbonyl (C=O) groups is 3. The molecule has 1 aromatic carbocycles. The minimum atomic E-state index is -1.81. The molecule has 4 fully saturated rings. The van der Waals surface area contributed by atoms with E-state index in [1.165, 1.54) is 13.0 Å². The van der Waals surface area contributed by atoms with Crippen LogP contribution in [0.3, 0.4) is 0 Å². The van der Waals surface area contributed by atoms with E-state index in [-0.39, 0.29) is 47.9 Å². The molecule has 9 aliphatic rings. The SMILES string of the molecule is C/C(=C\[C@]1(O)C2=CCC3=C2[C@@H]2[C@H]([C@H](C4CCCC4)[C@@H]1CN=C(N)N)[C@@]1(C)CC(=O)C4=C5[C@]1(C)[C@]2(O)C(=C[C@@]5(O)[C@@H](/C=C/c1ccccc1)[C@@H]1C(C)(C)C(=O)CC[C@]41C)C3)C(=O)O. The number of carboxylic acids is 1. The molecule has 0 bridgehead atoms. The number of fused-ring (bicyclic) bond motifs is 3. The summed E-state index contributed by atoms with van der Waals surface area (Å²) in [5, 5.41) is 52.7. The predicted molar refractivity (Wildman–Crippen MR) is 237 cm³/mol. The van der Waals surface area contributed by atoms with Crippen molar-refractivity contribution >= 4 is 29.6 Å². The summed E-state index contributed by atoms with van der Waals surface area (Å²) in [4.78, 5) is 47.2. The summed E-state index contributed by atoms with van der Waals surface area (Å²) >= 11 is 0. The second kappa shape index (κ2) is 13.1. The maximum atomic E-state index is 15.9. The van der Waals surface area contributed by atoms with Gasteiger partial charge in [-0.1, -0.05) is 114 Å². The van der Waals surface area contributed by atoms with E-state index in [4.69, 9.17) is 11.5 Å². The normalized spacial score (nSPS) is 43.9. The van der Waals surface area contributed by atoms with Crippen LogP contribution < -0.4 is 11.5 Å². The minimum Gasteiger partial charge on any atom is -0.478 e. The number of nitrogens with two attached hydrogens (primary N) is 2. The van der Waals surface area contributed by atoms with Gasteiger partial charge in [-0.15, -0.1) is 0 Å². The van der Waals surface area contributed by atoms with Gasteiger partial charge in [0.1, 0.15) is 22.6 Å². The van der Waals surface area contributed by atoms with E-state index in [1.54, 1.807) is 0 Å². The van der Waals surface area contributed by atoms with E-state index >= 15 is 4.79 Å². The zero-order valence-electron chi connectivity index (χ0n) is 37.0. The Morgan fingerprint density at radius 1 is 1.00 bits per heavy atom. The molecule has 0 aromatic heterocycles. The van der Waals surface area contributed by atoms with Crippen molar-refractivity contribution in [1.82, 2.24) is 0 Å². The van der Waals surface area contributed by atoms with Gasteiger partial charge < -0.3 is 31.9 Å². The maximum Gasteiger partial charge on any atom is 0.331 e. The summed E-state index contributed by atoms with van der Waals surface area (Å²) in [5.41, 5.74) is 8.58. The molecule has 328 valence electrons. The van der Waals surface area contributed by atoms with Crippen molar-refractivity contribution in [3.05, 3.63) is 99.2 Å². The average Bonchev–Trinajstić information content (AvgIpc) is 3.91. The first-order valence-electron chi connectivity index (χ1n) is 23.0. The third-order valence-electron chi connectivity index (χ3n) is 19.1. The highest BCUT2D eigenvalue weighted by Crippen LogP contribution is 2.84. The Bertz CT molecular complexity index is 2450. The lowest BCUT2D eigenvalue weighted by Crippen LogP contribution is -2.71. The number of Topliss-reactive ketones (excluding diaryl/α,β-unsaturated/α-hetero) is 2. The van der Waals surface area contributed by atoms with Crippen molar-refractivity contribution in [2.45, 2.75) is 116 Å². The molecule has 0 amide bonds. The Balaban J connectivity index is 1.32. The Hall–Kier alpha value is -4.38. The second-order valence-corrected chi connectivity index (χ2v) is 22.0. The van der Waals surface area contributed by atoms with Crippen LogP contribution in [0.4, 0.5) is 0 Å². The monoisotopic (exact) mass is 841 g/mol. The molecule has 1 aromatic rings. The number of hydrogen-bond donors (Lipinski definition) is 6. The van der Waals surface area contributed by atoms with Crippen LogP contribution in [-0.4, -0.2) is 67.3 Å². The Morgan fingerprint density at radius 3 is 2.35 bits per heavy atom. The Labute approximate surface area is 364 Å². The van der Waals surface area contributed by atoms with Crippen molar-refractivity contribution in [2.75, 3.05) is 6.54 Å². The standard InChI is InChI=1S/C52H63N3O7/c1-27(44(58)59)23-50(60)32-19-17-30-22-31-24-51(61)33(18-16-28-12-8-7-9-13-28)42-46(2,3)36(57)20-21-47(42,4)39-35(56)25-48(5)40(41(38(30)32)52(31,62)49(48,6)43(39)51)37(29-14-10-11-15-29)34(50)26-55-45(53)54/h7-9,12-13,16,18-19,23-24,29,33-34,37,40-42,60-62H,10-11,14-15,17,20-22,25-26H2,1-6H3,(H,58,59)(H4,53,54,55)/b18-16+,27-23+/t33-,34-,37+,40-,41+,42+,47+,48+,49-,50-,51+,52-/m0/s1. The number of ketones is 2. The van der Waals surface area contributed by atoms with Crippen LogP contribution in [0.1, 0.15) is 105 Å². The fraction of sp³-hybridized carbons (Fsp3) is 0.577. The lowest BCUT2D eigenvalue weighted by Gasteiger charge is -2.69. The van der Waals surface area contributed by atoms with Gasteiger partial charge in [-0.3, -0.25) is 14.6 Å². The summed E-state index contributed by atoms with van der Waals surface area (Å²) in [6.45, 7) is 11.9. The molecule has 8 N–H and O–H groups in total. The minimum absolute atomic E-state index is 0.000555. The number of benzene rings is 1. The largest absolute Gasteiger partial charge is 0.478 e. The number of guanidine groups is 1. The zero-order chi connectivity index (χ0) is 44.3. The first kappa shape index (κ1) is 41.6. The molecule has 0 radical (unpaired) electrons. The van der Waals surface area contributed by atoms with Crippen LogP contribution in [-0.2, 0) is 14.4 Å². The maximum absolute atomic E-state index is 15.9. The first-order chi connectivity index (χ1) is 29.1. The topological polar surface area (TPSA) is 197 Å². The molecule has 0 saturated heterocycles. The number of allylic oxidation sites excluding steroid dienone is 3. The van der Waals surface area contributed by atoms with Crippen LogP contribution in [0, 0.1) is 63.1 Å². The molecule has 9 aliphatic carbocycles. The molecule has 10 heteroatoms. The van der Waals surface area contributed by atoms with E-state index < -0.39 is 74.0 Å². The second-order valence-electron chi connectivity index (χ2n) is 22.0. The van der Waals surface area contributed by atoms with Crippen LogP contribution in [0.15, 0.2) is 98.6 Å². The van der Waals surface area contributed by atoms with Crippen molar-refractivity contribution < 1.29 is 34.8 Å². The highest BCUT2D eigenvalue weighted by molar-refractivity contribution is 6.02. The number of aliphatic imine (C=N–C) groups is 1. The highest BCUT2D eigenvalue weighted by atomic mass is 16.4. The number of aliphatic hydroxyl groups is 3. The smallest absolute Gasteiger partial charge is 0.331 e. The van der Waals surface area contributed by atoms with Gasteiger partial charge in [-0.2, -0.15) is 0 Å². The molecule has 0 aliphatic heterocycles. The van der Waals surface area contributed by atoms with E-state index in [1.807, 2.05) is 62.4 Å². The summed E-state index contributed by atoms with van der Waals surface area (Å²) in [7, 11) is 0. The summed E-state index contributed by atoms with van der Waals surface area (Å²) in [6, 6.07) is 9.96. The van der Waals surface area contributed by atoms with Gasteiger partial charge in [0.15, 0.2) is 11.7 Å². The number of nitrogens with zero attached hydrogens (tertiary/aromatic N) is 1. The van der Waals surface area contributed by atoms with E-state index in [9.17, 15) is 30.0 Å². The van der Waals surface area contributed by atoms with Gasteiger partial charge in [-0.25, -0.2) is 4.79 Å². The summed E-state index contributed by atoms with van der Waals surface area (Å²) in [6.07, 6.45) is 14.9. The van der Waals surface area contributed by atoms with Gasteiger partial charge in [0.25, 0.3) is 0 Å². The highest BCUT2D eigenvalue weighted by Gasteiger charge is 2.85. The van der Waals surface area contributed by atoms with Crippen LogP contribution >= 0.6 is 0 Å². The van der Waals surface area contributed by atoms with E-state index in [0.717, 1.165) is 48.0 Å². The molecule has 10 nitrogen and oxygen atoms in total. The number of carbonyl (C=O) groups excluding carboxylic acids is 2. The summed E-state index contributed by atoms with van der Waals surface area (Å²) < 4.78 is 0. The van der Waals surface area contributed by atoms with Crippen molar-refractivity contribution in [3.8, 4) is 0 Å². The molecule has 0 unspecified atom stereocenters. The molecular weight excluding hydrogens is 779 g/mol. The lowest BCUT2D eigenvalue weighted by molar-refractivity contribution is -0.165. The van der Waals surface area contributed by atoms with Gasteiger partial charge >= 0.3 is 5.97 Å². The van der Waals surface area contributed by atoms with Crippen molar-refractivity contribution in [1.29, 1.82) is 0 Å². The fourth-order valence-corrected chi connectivity index (χ4v) is 16.7. The number of hydrogen-bond acceptors (Lipinski definition) is 7. The van der Waals surface area contributed by atoms with Gasteiger partial charge in [0.2, 0.25) is 0 Å². The van der Waals surface area contributed by atoms with Crippen LogP contribution in [0.25, 0.3) is 6.08 Å². The van der Waals surface area contributed by atoms with Crippen LogP contribution in [0.5, 0.6) is 0 Å². The molecule has 10 rings (SSSR count). The van der Waals surface area contributed by atoms with Gasteiger partial charge in [-0.05, 0) is 95.3 Å². The van der Waals surface area contributed by atoms with Gasteiger partial charge in [0.05, 0.1) is 0 Å². The molecule has 12 atom stereocenters. The zero-order valence-corrected chi connectivity index (χ0v) is 37.0. The van der Waals surface area contributed by atoms with E-state index in [0.29, 0.717) is 42.4 Å². The van der Waals surface area contributed by atoms with E-state index in [2.05, 4.69) is 31.8 Å². The molecule has 0 heterocycles. The Morgan fingerprint density at radius 2 is 1.69 bits per heavy atom. The average molecular weight is 842 g/mol. The molecule has 0 spiro atoms.